The van der Waals surface area contributed by atoms with Gasteiger partial charge in [-0.2, -0.15) is 13.2 Å². The van der Waals surface area contributed by atoms with Gasteiger partial charge in [-0.25, -0.2) is 4.98 Å². The third kappa shape index (κ3) is 4.43. The van der Waals surface area contributed by atoms with Crippen molar-refractivity contribution in [3.05, 3.63) is 71.0 Å². The second-order valence-corrected chi connectivity index (χ2v) is 8.07. The van der Waals surface area contributed by atoms with E-state index >= 15 is 0 Å². The van der Waals surface area contributed by atoms with Crippen molar-refractivity contribution in [3.8, 4) is 5.13 Å². The fourth-order valence-electron chi connectivity index (χ4n) is 3.79. The molecule has 1 fully saturated rings. The van der Waals surface area contributed by atoms with Gasteiger partial charge in [-0.05, 0) is 43.7 Å². The maximum atomic E-state index is 13.0. The van der Waals surface area contributed by atoms with Crippen molar-refractivity contribution in [1.29, 1.82) is 0 Å². The number of alkyl halides is 3. The summed E-state index contributed by atoms with van der Waals surface area (Å²) in [7, 11) is 0. The van der Waals surface area contributed by atoms with Gasteiger partial charge in [-0.3, -0.25) is 14.3 Å². The number of halogens is 3. The Bertz CT molecular complexity index is 981. The zero-order valence-electron chi connectivity index (χ0n) is 15.6. The van der Waals surface area contributed by atoms with Crippen LogP contribution in [0.15, 0.2) is 54.2 Å². The SMILES string of the molecule is O=C(c1cccc(C(F)(F)F)c1)[C@@H]1CCCN(Cc2cccn2-c2nccs2)C1. The monoisotopic (exact) mass is 419 g/mol. The normalized spacial score (nSPS) is 18.1. The summed E-state index contributed by atoms with van der Waals surface area (Å²) in [5.74, 6) is -0.508. The van der Waals surface area contributed by atoms with Crippen LogP contribution in [0.5, 0.6) is 0 Å². The molecule has 1 saturated heterocycles. The van der Waals surface area contributed by atoms with Gasteiger partial charge < -0.3 is 0 Å². The Balaban J connectivity index is 1.47. The number of carbonyl (C=O) groups is 1. The fourth-order valence-corrected chi connectivity index (χ4v) is 4.45. The highest BCUT2D eigenvalue weighted by molar-refractivity contribution is 7.12. The van der Waals surface area contributed by atoms with E-state index in [-0.39, 0.29) is 17.3 Å². The minimum Gasteiger partial charge on any atom is -0.297 e. The highest BCUT2D eigenvalue weighted by atomic mass is 32.1. The summed E-state index contributed by atoms with van der Waals surface area (Å²) >= 11 is 1.55. The average molecular weight is 419 g/mol. The summed E-state index contributed by atoms with van der Waals surface area (Å²) in [6.45, 7) is 2.06. The second kappa shape index (κ2) is 8.12. The van der Waals surface area contributed by atoms with Crippen LogP contribution >= 0.6 is 11.3 Å². The predicted octanol–water partition coefficient (Wildman–Crippen LogP) is 5.05. The first kappa shape index (κ1) is 19.8. The summed E-state index contributed by atoms with van der Waals surface area (Å²) in [5, 5.41) is 2.81. The summed E-state index contributed by atoms with van der Waals surface area (Å²) in [6, 6.07) is 8.74. The number of likely N-dealkylation sites (tertiary alicyclic amines) is 1. The molecule has 0 N–H and O–H groups in total. The van der Waals surface area contributed by atoms with E-state index in [1.165, 1.54) is 12.1 Å². The smallest absolute Gasteiger partial charge is 0.297 e. The minimum atomic E-state index is -4.45. The van der Waals surface area contributed by atoms with Crippen LogP contribution in [0.4, 0.5) is 13.2 Å². The molecule has 0 radical (unpaired) electrons. The quantitative estimate of drug-likeness (QED) is 0.544. The zero-order chi connectivity index (χ0) is 20.4. The molecule has 4 nitrogen and oxygen atoms in total. The van der Waals surface area contributed by atoms with Crippen molar-refractivity contribution in [1.82, 2.24) is 14.5 Å². The first-order valence-corrected chi connectivity index (χ1v) is 10.3. The topological polar surface area (TPSA) is 38.1 Å². The molecule has 3 heterocycles. The molecule has 3 aromatic rings. The molecule has 4 rings (SSSR count). The van der Waals surface area contributed by atoms with E-state index in [0.717, 1.165) is 35.9 Å². The van der Waals surface area contributed by atoms with Crippen molar-refractivity contribution < 1.29 is 18.0 Å². The van der Waals surface area contributed by atoms with Gasteiger partial charge >= 0.3 is 6.18 Å². The van der Waals surface area contributed by atoms with Crippen LogP contribution in [-0.4, -0.2) is 33.3 Å². The molecule has 0 bridgehead atoms. The number of ketones is 1. The van der Waals surface area contributed by atoms with E-state index in [4.69, 9.17) is 0 Å². The van der Waals surface area contributed by atoms with E-state index in [0.29, 0.717) is 19.5 Å². The van der Waals surface area contributed by atoms with Crippen LogP contribution < -0.4 is 0 Å². The van der Waals surface area contributed by atoms with Crippen LogP contribution in [0.2, 0.25) is 0 Å². The van der Waals surface area contributed by atoms with Gasteiger partial charge in [0, 0.05) is 48.0 Å². The standard InChI is InChI=1S/C21H20F3N3OS/c22-21(23,24)17-6-1-4-15(12-17)19(28)16-5-2-9-26(13-16)14-18-7-3-10-27(18)20-25-8-11-29-20/h1,3-4,6-8,10-12,16H,2,5,9,13-14H2/t16-/m1/s1. The first-order chi connectivity index (χ1) is 13.9. The number of nitrogens with zero attached hydrogens (tertiary/aromatic N) is 3. The molecule has 0 saturated carbocycles. The van der Waals surface area contributed by atoms with Crippen LogP contribution in [-0.2, 0) is 12.7 Å². The van der Waals surface area contributed by atoms with E-state index in [1.54, 1.807) is 17.5 Å². The van der Waals surface area contributed by atoms with Gasteiger partial charge in [0.25, 0.3) is 0 Å². The maximum Gasteiger partial charge on any atom is 0.416 e. The highest BCUT2D eigenvalue weighted by Gasteiger charge is 2.32. The average Bonchev–Trinajstić information content (AvgIpc) is 3.39. The van der Waals surface area contributed by atoms with Gasteiger partial charge in [0.1, 0.15) is 0 Å². The molecule has 29 heavy (non-hydrogen) atoms. The van der Waals surface area contributed by atoms with Crippen molar-refractivity contribution in [2.45, 2.75) is 25.6 Å². The Kier molecular flexibility index (Phi) is 5.56. The van der Waals surface area contributed by atoms with Gasteiger partial charge in [0.05, 0.1) is 5.56 Å². The largest absolute Gasteiger partial charge is 0.416 e. The maximum absolute atomic E-state index is 13.0. The Morgan fingerprint density at radius 3 is 2.86 bits per heavy atom. The van der Waals surface area contributed by atoms with Crippen molar-refractivity contribution in [2.24, 2.45) is 5.92 Å². The van der Waals surface area contributed by atoms with Gasteiger partial charge in [-0.1, -0.05) is 12.1 Å². The molecular formula is C21H20F3N3OS. The van der Waals surface area contributed by atoms with E-state index in [2.05, 4.69) is 9.88 Å². The Morgan fingerprint density at radius 1 is 1.24 bits per heavy atom. The van der Waals surface area contributed by atoms with E-state index < -0.39 is 11.7 Å². The van der Waals surface area contributed by atoms with Gasteiger partial charge in [0.2, 0.25) is 0 Å². The minimum absolute atomic E-state index is 0.137. The molecular weight excluding hydrogens is 399 g/mol. The molecule has 1 aliphatic rings. The number of thiazole rings is 1. The van der Waals surface area contributed by atoms with Gasteiger partial charge in [-0.15, -0.1) is 11.3 Å². The lowest BCUT2D eigenvalue weighted by Gasteiger charge is -2.32. The molecule has 0 aliphatic carbocycles. The van der Waals surface area contributed by atoms with Crippen LogP contribution in [0.25, 0.3) is 5.13 Å². The van der Waals surface area contributed by atoms with Gasteiger partial charge in [0.15, 0.2) is 10.9 Å². The summed E-state index contributed by atoms with van der Waals surface area (Å²) in [6.07, 6.45) is 0.806. The molecule has 0 amide bonds. The molecule has 1 aliphatic heterocycles. The van der Waals surface area contributed by atoms with Crippen molar-refractivity contribution >= 4 is 17.1 Å². The van der Waals surface area contributed by atoms with Crippen molar-refractivity contribution in [3.63, 3.8) is 0 Å². The van der Waals surface area contributed by atoms with Crippen LogP contribution in [0, 0.1) is 5.92 Å². The number of benzene rings is 1. The molecule has 1 aromatic carbocycles. The third-order valence-electron chi connectivity index (χ3n) is 5.19. The number of hydrogen-bond donors (Lipinski definition) is 0. The number of Topliss-reactive ketones (excluding diaryl/α,β-unsaturated/α-hetero) is 1. The Hall–Kier alpha value is -2.45. The Labute approximate surface area is 170 Å². The second-order valence-electron chi connectivity index (χ2n) is 7.20. The molecule has 1 atom stereocenters. The van der Waals surface area contributed by atoms with E-state index in [1.807, 2.05) is 28.3 Å². The predicted molar refractivity (Wildman–Crippen MR) is 105 cm³/mol. The molecule has 0 unspecified atom stereocenters. The lowest BCUT2D eigenvalue weighted by Crippen LogP contribution is -2.38. The van der Waals surface area contributed by atoms with E-state index in [9.17, 15) is 18.0 Å². The van der Waals surface area contributed by atoms with Crippen molar-refractivity contribution in [2.75, 3.05) is 13.1 Å². The molecule has 2 aromatic heterocycles. The number of piperidine rings is 1. The summed E-state index contributed by atoms with van der Waals surface area (Å²) < 4.78 is 41.0. The highest BCUT2D eigenvalue weighted by Crippen LogP contribution is 2.31. The first-order valence-electron chi connectivity index (χ1n) is 9.42. The summed E-state index contributed by atoms with van der Waals surface area (Å²) in [5.41, 5.74) is 0.433. The van der Waals surface area contributed by atoms with Crippen LogP contribution in [0.1, 0.15) is 34.5 Å². The third-order valence-corrected chi connectivity index (χ3v) is 5.97. The fraction of sp³-hybridized carbons (Fsp3) is 0.333. The summed E-state index contributed by atoms with van der Waals surface area (Å²) in [4.78, 5) is 19.4. The van der Waals surface area contributed by atoms with Crippen LogP contribution in [0.3, 0.4) is 0 Å². The molecule has 0 spiro atoms. The molecule has 8 heteroatoms. The number of carbonyl (C=O) groups excluding carboxylic acids is 1. The lowest BCUT2D eigenvalue weighted by molar-refractivity contribution is -0.137. The molecule has 152 valence electrons. The Morgan fingerprint density at radius 2 is 2.10 bits per heavy atom. The number of rotatable bonds is 5. The number of aromatic nitrogens is 2. The lowest BCUT2D eigenvalue weighted by atomic mass is 9.89. The zero-order valence-corrected chi connectivity index (χ0v) is 16.4. The number of hydrogen-bond acceptors (Lipinski definition) is 4.